The maximum atomic E-state index is 12.1. The number of carboxylic acids is 1. The molecule has 15 nitrogen and oxygen atoms in total. The average Bonchev–Trinajstić information content (AvgIpc) is 3.13. The number of aliphatic hydroxyl groups is 2. The number of nitrogens with one attached hydrogen (secondary N) is 2. The van der Waals surface area contributed by atoms with Gasteiger partial charge in [0.2, 0.25) is 5.95 Å². The van der Waals surface area contributed by atoms with Gasteiger partial charge in [0.25, 0.3) is 5.56 Å². The number of hydrogen-bond acceptors (Lipinski definition) is 10. The van der Waals surface area contributed by atoms with Crippen molar-refractivity contribution in [1.82, 2.24) is 19.5 Å². The summed E-state index contributed by atoms with van der Waals surface area (Å²) in [4.78, 5) is 50.4. The number of imidazole rings is 1. The summed E-state index contributed by atoms with van der Waals surface area (Å²) in [5, 5.41) is 31.3. The topological polar surface area (TPSA) is 229 Å². The molecule has 154 valence electrons. The van der Waals surface area contributed by atoms with Crippen molar-refractivity contribution >= 4 is 30.9 Å². The monoisotopic (exact) mass is 490 g/mol. The molecule has 0 radical (unpaired) electrons. The van der Waals surface area contributed by atoms with Gasteiger partial charge >= 0.3 is 102 Å². The largest absolute Gasteiger partial charge is 1.00 e. The van der Waals surface area contributed by atoms with Gasteiger partial charge in [-0.1, -0.05) is 0 Å². The second kappa shape index (κ2) is 12.9. The summed E-state index contributed by atoms with van der Waals surface area (Å²) in [6.45, 7) is -1.23. The maximum Gasteiger partial charge on any atom is 1.00 e. The zero-order chi connectivity index (χ0) is 20.6. The Hall–Kier alpha value is 0.610. The Balaban J connectivity index is 0.00000300. The molecule has 0 unspecified atom stereocenters. The van der Waals surface area contributed by atoms with E-state index >= 15 is 0 Å². The van der Waals surface area contributed by atoms with E-state index in [2.05, 4.69) is 24.8 Å². The van der Waals surface area contributed by atoms with E-state index in [1.165, 1.54) is 0 Å². The quantitative estimate of drug-likeness (QED) is 0.141. The number of ether oxygens (including phenoxy) is 1. The summed E-state index contributed by atoms with van der Waals surface area (Å²) in [7, 11) is -4.82. The van der Waals surface area contributed by atoms with Crippen LogP contribution in [0.2, 0.25) is 0 Å². The van der Waals surface area contributed by atoms with Gasteiger partial charge in [-0.05, 0) is 0 Å². The van der Waals surface area contributed by atoms with Gasteiger partial charge in [0, 0.05) is 0 Å². The number of rotatable bonds is 7. The minimum absolute atomic E-state index is 0. The summed E-state index contributed by atoms with van der Waals surface area (Å²) in [6.07, 6.45) is -4.58. The number of aromatic amines is 1. The van der Waals surface area contributed by atoms with Crippen molar-refractivity contribution in [3.8, 4) is 0 Å². The van der Waals surface area contributed by atoms with Crippen LogP contribution in [0, 0.1) is 0 Å². The van der Waals surface area contributed by atoms with Crippen molar-refractivity contribution in [2.75, 3.05) is 18.5 Å². The normalized spacial score (nSPS) is 22.8. The molecule has 0 aliphatic carbocycles. The molecular weight excluding hydrogens is 474 g/mol. The first-order valence-electron chi connectivity index (χ1n) is 7.71. The second-order valence-corrected chi connectivity index (χ2v) is 7.06. The first kappa shape index (κ1) is 31.6. The second-order valence-electron chi connectivity index (χ2n) is 5.82. The minimum Gasteiger partial charge on any atom is -0.480 e. The molecule has 3 rings (SSSR count). The summed E-state index contributed by atoms with van der Waals surface area (Å²) in [5.74, 6) is -1.36. The van der Waals surface area contributed by atoms with E-state index in [0.29, 0.717) is 0 Å². The van der Waals surface area contributed by atoms with E-state index in [1.54, 1.807) is 0 Å². The van der Waals surface area contributed by atoms with Crippen LogP contribution in [0.3, 0.4) is 0 Å². The van der Waals surface area contributed by atoms with Crippen LogP contribution in [0.15, 0.2) is 11.1 Å². The Labute approximate surface area is 240 Å². The predicted octanol–water partition coefficient (Wildman–Crippen LogP) is -11.6. The van der Waals surface area contributed by atoms with Gasteiger partial charge in [0.05, 0.1) is 12.9 Å². The van der Waals surface area contributed by atoms with Crippen molar-refractivity contribution in [2.45, 2.75) is 24.5 Å². The SMILES string of the molecule is O=C(O)CNc1nc2c(ncn2[C@@H]2O[C@H](COP(=O)(O)O)[C@@H](O)[C@H]2O)c(=O)[nH]1.[Na+].[Na+].[Na+]. The number of carboxylic acid groups (broad SMARTS) is 1. The number of aromatic nitrogens is 4. The predicted molar refractivity (Wildman–Crippen MR) is 88.2 cm³/mol. The van der Waals surface area contributed by atoms with Crippen LogP contribution in [0.4, 0.5) is 5.95 Å². The van der Waals surface area contributed by atoms with Crippen molar-refractivity contribution in [2.24, 2.45) is 0 Å². The Morgan fingerprint density at radius 2 is 1.94 bits per heavy atom. The number of nitrogens with zero attached hydrogens (tertiary/aromatic N) is 3. The number of H-pyrrole nitrogens is 1. The standard InChI is InChI=1S/C12H16N5O10P.3Na/c18-5(19)1-13-12-15-9-6(10(22)16-12)14-3-17(9)11-8(21)7(20)4(27-11)2-26-28(23,24)25;;;/h3-4,7-8,11,20-21H,1-2H2,(H,18,19)(H2,23,24,25)(H2,13,15,16,22);;;/q;3*+1/t4-,7-,8-,11-;;;/m1.../s1. The number of phosphoric acid groups is 1. The van der Waals surface area contributed by atoms with E-state index < -0.39 is 57.0 Å². The van der Waals surface area contributed by atoms with Gasteiger partial charge in [-0.2, -0.15) is 4.98 Å². The third-order valence-electron chi connectivity index (χ3n) is 3.86. The third kappa shape index (κ3) is 7.82. The van der Waals surface area contributed by atoms with Gasteiger partial charge in [-0.3, -0.25) is 23.7 Å². The van der Waals surface area contributed by atoms with E-state index in [9.17, 15) is 24.4 Å². The summed E-state index contributed by atoms with van der Waals surface area (Å²) in [6, 6.07) is 0. The molecule has 1 aliphatic heterocycles. The maximum absolute atomic E-state index is 12.1. The van der Waals surface area contributed by atoms with Gasteiger partial charge in [-0.25, -0.2) is 9.55 Å². The zero-order valence-electron chi connectivity index (χ0n) is 16.9. The van der Waals surface area contributed by atoms with Gasteiger partial charge < -0.3 is 35.2 Å². The summed E-state index contributed by atoms with van der Waals surface area (Å²) >= 11 is 0. The summed E-state index contributed by atoms with van der Waals surface area (Å²) in [5.41, 5.74) is -0.906. The van der Waals surface area contributed by atoms with Crippen molar-refractivity contribution in [1.29, 1.82) is 0 Å². The molecule has 7 N–H and O–H groups in total. The van der Waals surface area contributed by atoms with Gasteiger partial charge in [0.1, 0.15) is 24.9 Å². The smallest absolute Gasteiger partial charge is 0.480 e. The van der Waals surface area contributed by atoms with Crippen LogP contribution < -0.4 is 99.5 Å². The van der Waals surface area contributed by atoms with Gasteiger partial charge in [0.15, 0.2) is 17.4 Å². The molecule has 2 aromatic rings. The van der Waals surface area contributed by atoms with E-state index in [1.807, 2.05) is 0 Å². The molecule has 4 atom stereocenters. The number of anilines is 1. The zero-order valence-corrected chi connectivity index (χ0v) is 23.8. The van der Waals surface area contributed by atoms with Crippen molar-refractivity contribution < 1.29 is 132 Å². The van der Waals surface area contributed by atoms with E-state index in [4.69, 9.17) is 19.6 Å². The molecule has 2 aromatic heterocycles. The molecule has 1 aliphatic rings. The van der Waals surface area contributed by atoms with Crippen LogP contribution >= 0.6 is 7.82 Å². The molecule has 31 heavy (non-hydrogen) atoms. The Kier molecular flexibility index (Phi) is 13.2. The fraction of sp³-hybridized carbons (Fsp3) is 0.500. The fourth-order valence-corrected chi connectivity index (χ4v) is 2.96. The first-order chi connectivity index (χ1) is 13.1. The van der Waals surface area contributed by atoms with Crippen LogP contribution in [0.1, 0.15) is 6.23 Å². The number of aliphatic carboxylic acids is 1. The van der Waals surface area contributed by atoms with Gasteiger partial charge in [-0.15, -0.1) is 0 Å². The minimum atomic E-state index is -4.82. The number of fused-ring (bicyclic) bond motifs is 1. The molecule has 19 heteroatoms. The molecule has 0 aromatic carbocycles. The van der Waals surface area contributed by atoms with E-state index in [-0.39, 0.29) is 106 Å². The van der Waals surface area contributed by atoms with Crippen molar-refractivity contribution in [3.63, 3.8) is 0 Å². The third-order valence-corrected chi connectivity index (χ3v) is 4.34. The van der Waals surface area contributed by atoms with Crippen molar-refractivity contribution in [3.05, 3.63) is 16.7 Å². The van der Waals surface area contributed by atoms with Crippen LogP contribution in [-0.4, -0.2) is 82.1 Å². The molecule has 0 amide bonds. The first-order valence-corrected chi connectivity index (χ1v) is 9.24. The number of carbonyl (C=O) groups is 1. The average molecular weight is 490 g/mol. The molecule has 0 spiro atoms. The Bertz CT molecular complexity index is 999. The van der Waals surface area contributed by atoms with Crippen LogP contribution in [0.25, 0.3) is 11.2 Å². The molecule has 1 saturated heterocycles. The summed E-state index contributed by atoms with van der Waals surface area (Å²) < 4.78 is 21.6. The molecule has 0 saturated carbocycles. The molecular formula is C12H16N5Na3O10P+3. The number of hydrogen-bond donors (Lipinski definition) is 7. The van der Waals surface area contributed by atoms with E-state index in [0.717, 1.165) is 10.9 Å². The Morgan fingerprint density at radius 3 is 2.52 bits per heavy atom. The number of phosphoric ester groups is 1. The van der Waals surface area contributed by atoms with Crippen LogP contribution in [0.5, 0.6) is 0 Å². The molecule has 1 fully saturated rings. The molecule has 0 bridgehead atoms. The Morgan fingerprint density at radius 1 is 1.29 bits per heavy atom. The number of aliphatic hydroxyl groups excluding tert-OH is 2. The molecule has 3 heterocycles. The fourth-order valence-electron chi connectivity index (χ4n) is 2.62. The van der Waals surface area contributed by atoms with Crippen LogP contribution in [-0.2, 0) is 18.6 Å².